The van der Waals surface area contributed by atoms with Crippen molar-refractivity contribution in [2.75, 3.05) is 11.5 Å². The van der Waals surface area contributed by atoms with Crippen LogP contribution in [0.25, 0.3) is 17.4 Å². The van der Waals surface area contributed by atoms with Gasteiger partial charge in [-0.25, -0.2) is 14.1 Å². The first kappa shape index (κ1) is 22.4. The van der Waals surface area contributed by atoms with Gasteiger partial charge in [0.2, 0.25) is 0 Å². The maximum absolute atomic E-state index is 13.2. The number of hydrogen-bond donors (Lipinski definition) is 1. The van der Waals surface area contributed by atoms with Gasteiger partial charge in [0.1, 0.15) is 28.7 Å². The number of nitro groups is 1. The van der Waals surface area contributed by atoms with E-state index in [4.69, 9.17) is 9.15 Å². The van der Waals surface area contributed by atoms with E-state index in [1.165, 1.54) is 36.4 Å². The Bertz CT molecular complexity index is 1340. The van der Waals surface area contributed by atoms with E-state index in [-0.39, 0.29) is 28.5 Å². The molecule has 1 aliphatic rings. The highest BCUT2D eigenvalue weighted by Gasteiger charge is 2.37. The van der Waals surface area contributed by atoms with Crippen molar-refractivity contribution in [1.82, 2.24) is 5.32 Å². The number of imide groups is 2. The molecule has 1 aromatic heterocycles. The Labute approximate surface area is 191 Å². The van der Waals surface area contributed by atoms with Gasteiger partial charge in [-0.2, -0.15) is 0 Å². The van der Waals surface area contributed by atoms with Crippen molar-refractivity contribution in [2.24, 2.45) is 0 Å². The third kappa shape index (κ3) is 4.26. The molecule has 0 radical (unpaired) electrons. The summed E-state index contributed by atoms with van der Waals surface area (Å²) < 4.78 is 24.2. The second-order valence-corrected chi connectivity index (χ2v) is 7.01. The smallest absolute Gasteiger partial charge is 0.335 e. The molecular formula is C23H16FN3O7. The monoisotopic (exact) mass is 465 g/mol. The van der Waals surface area contributed by atoms with Gasteiger partial charge in [-0.3, -0.25) is 25.0 Å². The molecule has 1 saturated heterocycles. The summed E-state index contributed by atoms with van der Waals surface area (Å²) in [5.41, 5.74) is -0.432. The predicted molar refractivity (Wildman–Crippen MR) is 117 cm³/mol. The normalized spacial score (nSPS) is 14.9. The fourth-order valence-corrected chi connectivity index (χ4v) is 3.33. The summed E-state index contributed by atoms with van der Waals surface area (Å²) in [6.45, 7) is 2.09. The zero-order chi connectivity index (χ0) is 24.4. The van der Waals surface area contributed by atoms with E-state index in [2.05, 4.69) is 0 Å². The first-order valence-corrected chi connectivity index (χ1v) is 9.97. The maximum Gasteiger partial charge on any atom is 0.335 e. The topological polar surface area (TPSA) is 132 Å². The van der Waals surface area contributed by atoms with Crippen LogP contribution in [0, 0.1) is 15.9 Å². The number of halogens is 1. The van der Waals surface area contributed by atoms with Gasteiger partial charge < -0.3 is 9.15 Å². The Morgan fingerprint density at radius 2 is 1.85 bits per heavy atom. The number of amides is 4. The third-order valence-corrected chi connectivity index (χ3v) is 4.84. The SMILES string of the molecule is CCOc1ccc(-c2ccc(C=C3C(=O)NC(=O)N(c4ccc(F)cc4)C3=O)o2)c([N+](=O)[O-])c1. The number of ether oxygens (including phenoxy) is 1. The van der Waals surface area contributed by atoms with Gasteiger partial charge in [-0.15, -0.1) is 0 Å². The minimum Gasteiger partial charge on any atom is -0.494 e. The van der Waals surface area contributed by atoms with E-state index in [0.717, 1.165) is 18.2 Å². The van der Waals surface area contributed by atoms with E-state index >= 15 is 0 Å². The van der Waals surface area contributed by atoms with Crippen molar-refractivity contribution < 1.29 is 32.9 Å². The zero-order valence-corrected chi connectivity index (χ0v) is 17.6. The van der Waals surface area contributed by atoms with Crippen molar-refractivity contribution in [3.05, 3.63) is 81.9 Å². The Kier molecular flexibility index (Phi) is 5.92. The molecular weight excluding hydrogens is 449 g/mol. The number of benzene rings is 2. The number of rotatable bonds is 6. The molecule has 0 bridgehead atoms. The van der Waals surface area contributed by atoms with Crippen LogP contribution >= 0.6 is 0 Å². The number of nitrogens with one attached hydrogen (secondary N) is 1. The summed E-state index contributed by atoms with van der Waals surface area (Å²) in [7, 11) is 0. The first-order chi connectivity index (χ1) is 16.3. The lowest BCUT2D eigenvalue weighted by atomic mass is 10.1. The zero-order valence-electron chi connectivity index (χ0n) is 17.6. The molecule has 0 atom stereocenters. The number of anilines is 1. The van der Waals surface area contributed by atoms with E-state index in [9.17, 15) is 28.9 Å². The summed E-state index contributed by atoms with van der Waals surface area (Å²) in [5, 5.41) is 13.6. The molecule has 2 heterocycles. The number of nitro benzene ring substituents is 1. The summed E-state index contributed by atoms with van der Waals surface area (Å²) in [5.74, 6) is -1.96. The fourth-order valence-electron chi connectivity index (χ4n) is 3.33. The van der Waals surface area contributed by atoms with Crippen LogP contribution in [0.2, 0.25) is 0 Å². The highest BCUT2D eigenvalue weighted by Crippen LogP contribution is 2.35. The third-order valence-electron chi connectivity index (χ3n) is 4.84. The van der Waals surface area contributed by atoms with Crippen molar-refractivity contribution >= 4 is 35.3 Å². The van der Waals surface area contributed by atoms with Gasteiger partial charge >= 0.3 is 6.03 Å². The molecule has 34 heavy (non-hydrogen) atoms. The van der Waals surface area contributed by atoms with E-state index in [1.54, 1.807) is 13.0 Å². The molecule has 10 nitrogen and oxygen atoms in total. The van der Waals surface area contributed by atoms with Crippen LogP contribution in [0.3, 0.4) is 0 Å². The Morgan fingerprint density at radius 1 is 1.12 bits per heavy atom. The van der Waals surface area contributed by atoms with Crippen LogP contribution < -0.4 is 15.0 Å². The fraction of sp³-hybridized carbons (Fsp3) is 0.0870. The van der Waals surface area contributed by atoms with E-state index in [1.807, 2.05) is 5.32 Å². The van der Waals surface area contributed by atoms with Gasteiger partial charge in [0, 0.05) is 0 Å². The summed E-state index contributed by atoms with van der Waals surface area (Å²) in [6, 6.07) is 10.7. The predicted octanol–water partition coefficient (Wildman–Crippen LogP) is 4.06. The average molecular weight is 465 g/mol. The van der Waals surface area contributed by atoms with Crippen LogP contribution in [0.1, 0.15) is 12.7 Å². The molecule has 1 aliphatic heterocycles. The molecule has 0 spiro atoms. The van der Waals surface area contributed by atoms with Gasteiger partial charge in [-0.05, 0) is 61.5 Å². The molecule has 1 N–H and O–H groups in total. The molecule has 172 valence electrons. The molecule has 11 heteroatoms. The molecule has 1 fully saturated rings. The van der Waals surface area contributed by atoms with Gasteiger partial charge in [0.15, 0.2) is 0 Å². The lowest BCUT2D eigenvalue weighted by molar-refractivity contribution is -0.384. The van der Waals surface area contributed by atoms with Crippen LogP contribution in [-0.2, 0) is 9.59 Å². The average Bonchev–Trinajstić information content (AvgIpc) is 3.26. The largest absolute Gasteiger partial charge is 0.494 e. The van der Waals surface area contributed by atoms with Crippen LogP contribution in [0.4, 0.5) is 20.6 Å². The molecule has 4 amide bonds. The van der Waals surface area contributed by atoms with Crippen LogP contribution in [0.15, 0.2) is 64.6 Å². The Balaban J connectivity index is 1.68. The standard InChI is InChI=1S/C23H16FN3O7/c1-2-33-15-7-9-17(19(12-15)27(31)32)20-10-8-16(34-20)11-18-21(28)25-23(30)26(22(18)29)14-5-3-13(24)4-6-14/h3-12H,2H2,1H3,(H,25,28,30). The highest BCUT2D eigenvalue weighted by atomic mass is 19.1. The number of hydrogen-bond acceptors (Lipinski definition) is 7. The quantitative estimate of drug-likeness (QED) is 0.251. The molecule has 2 aromatic carbocycles. The van der Waals surface area contributed by atoms with Gasteiger partial charge in [0.05, 0.1) is 28.8 Å². The lowest BCUT2D eigenvalue weighted by Gasteiger charge is -2.26. The van der Waals surface area contributed by atoms with Crippen molar-refractivity contribution in [2.45, 2.75) is 6.92 Å². The number of barbiturate groups is 1. The second-order valence-electron chi connectivity index (χ2n) is 7.01. The highest BCUT2D eigenvalue weighted by molar-refractivity contribution is 6.39. The van der Waals surface area contributed by atoms with Crippen molar-refractivity contribution in [3.8, 4) is 17.1 Å². The molecule has 3 aromatic rings. The van der Waals surface area contributed by atoms with E-state index in [0.29, 0.717) is 17.3 Å². The summed E-state index contributed by atoms with van der Waals surface area (Å²) in [6.07, 6.45) is 1.12. The second kappa shape index (κ2) is 8.98. The molecule has 0 saturated carbocycles. The van der Waals surface area contributed by atoms with Gasteiger partial charge in [-0.1, -0.05) is 0 Å². The number of carbonyl (C=O) groups is 3. The molecule has 0 unspecified atom stereocenters. The van der Waals surface area contributed by atoms with Gasteiger partial charge in [0.25, 0.3) is 17.5 Å². The number of carbonyl (C=O) groups excluding carboxylic acids is 3. The molecule has 0 aliphatic carbocycles. The first-order valence-electron chi connectivity index (χ1n) is 9.97. The van der Waals surface area contributed by atoms with Crippen molar-refractivity contribution in [3.63, 3.8) is 0 Å². The minimum absolute atomic E-state index is 0.0464. The molecule has 4 rings (SSSR count). The maximum atomic E-state index is 13.2. The van der Waals surface area contributed by atoms with E-state index < -0.39 is 34.2 Å². The van der Waals surface area contributed by atoms with Crippen LogP contribution in [0.5, 0.6) is 5.75 Å². The summed E-state index contributed by atoms with van der Waals surface area (Å²) in [4.78, 5) is 49.1. The minimum atomic E-state index is -0.982. The van der Waals surface area contributed by atoms with Crippen molar-refractivity contribution in [1.29, 1.82) is 0 Å². The Hall–Kier alpha value is -4.80. The lowest BCUT2D eigenvalue weighted by Crippen LogP contribution is -2.54. The summed E-state index contributed by atoms with van der Waals surface area (Å²) >= 11 is 0. The number of nitrogens with zero attached hydrogens (tertiary/aromatic N) is 2. The van der Waals surface area contributed by atoms with Crippen LogP contribution in [-0.4, -0.2) is 29.4 Å². The number of furan rings is 1. The number of urea groups is 1. The Morgan fingerprint density at radius 3 is 2.53 bits per heavy atom.